The van der Waals surface area contributed by atoms with Crippen molar-refractivity contribution in [1.29, 1.82) is 0 Å². The van der Waals surface area contributed by atoms with E-state index in [2.05, 4.69) is 39.0 Å². The molecule has 0 saturated carbocycles. The monoisotopic (exact) mass is 241 g/mol. The zero-order valence-corrected chi connectivity index (χ0v) is 9.95. The Morgan fingerprint density at radius 1 is 1.29 bits per heavy atom. The van der Waals surface area contributed by atoms with E-state index in [1.165, 1.54) is 10.4 Å². The minimum Gasteiger partial charge on any atom is -0.239 e. The molecule has 0 aliphatic carbocycles. The first-order valence-corrected chi connectivity index (χ1v) is 6.03. The van der Waals surface area contributed by atoms with Gasteiger partial charge >= 0.3 is 0 Å². The standard InChI is InChI=1S/C12H9N4S/c1-8-11(9-5-3-2-4-6-9)10(7-17-8)12-13-15-16-14-12/h3-7H,1H3,(H,13,14,15,16). The lowest BCUT2D eigenvalue weighted by Gasteiger charge is -2.02. The van der Waals surface area contributed by atoms with E-state index in [1.807, 2.05) is 24.3 Å². The Hall–Kier alpha value is -2.01. The lowest BCUT2D eigenvalue weighted by atomic mass is 10.0. The number of tetrazole rings is 1. The van der Waals surface area contributed by atoms with Gasteiger partial charge in [0.25, 0.3) is 0 Å². The van der Waals surface area contributed by atoms with Crippen LogP contribution < -0.4 is 0 Å². The normalized spacial score (nSPS) is 10.6. The van der Waals surface area contributed by atoms with Gasteiger partial charge in [-0.3, -0.25) is 0 Å². The number of nitrogens with zero attached hydrogens (tertiary/aromatic N) is 3. The molecular weight excluding hydrogens is 232 g/mol. The van der Waals surface area contributed by atoms with Crippen LogP contribution in [0.1, 0.15) is 4.88 Å². The number of thiophene rings is 1. The summed E-state index contributed by atoms with van der Waals surface area (Å²) >= 11 is 1.70. The fourth-order valence-corrected chi connectivity index (χ4v) is 2.68. The zero-order valence-electron chi connectivity index (χ0n) is 9.14. The first kappa shape index (κ1) is 10.2. The first-order valence-electron chi connectivity index (χ1n) is 5.15. The molecule has 0 aliphatic heterocycles. The van der Waals surface area contributed by atoms with E-state index >= 15 is 0 Å². The molecule has 4 nitrogen and oxygen atoms in total. The van der Waals surface area contributed by atoms with Crippen LogP contribution in [0.3, 0.4) is 0 Å². The van der Waals surface area contributed by atoms with Crippen LogP contribution in [0.5, 0.6) is 0 Å². The molecule has 0 amide bonds. The van der Waals surface area contributed by atoms with E-state index in [4.69, 9.17) is 0 Å². The highest BCUT2D eigenvalue weighted by Crippen LogP contribution is 2.36. The fourth-order valence-electron chi connectivity index (χ4n) is 1.81. The van der Waals surface area contributed by atoms with Crippen molar-refractivity contribution in [3.05, 3.63) is 40.6 Å². The second kappa shape index (κ2) is 4.10. The molecule has 3 rings (SSSR count). The molecule has 0 saturated heterocycles. The van der Waals surface area contributed by atoms with E-state index < -0.39 is 0 Å². The molecule has 2 heterocycles. The predicted octanol–water partition coefficient (Wildman–Crippen LogP) is 2.70. The molecule has 0 fully saturated rings. The second-order valence-corrected chi connectivity index (χ2v) is 4.70. The van der Waals surface area contributed by atoms with E-state index in [1.54, 1.807) is 11.3 Å². The van der Waals surface area contributed by atoms with Crippen molar-refractivity contribution in [3.8, 4) is 22.5 Å². The Kier molecular flexibility index (Phi) is 2.45. The molecule has 17 heavy (non-hydrogen) atoms. The second-order valence-electron chi connectivity index (χ2n) is 3.62. The highest BCUT2D eigenvalue weighted by Gasteiger charge is 2.14. The molecule has 1 N–H and O–H groups in total. The number of hydrogen-bond acceptors (Lipinski definition) is 4. The summed E-state index contributed by atoms with van der Waals surface area (Å²) in [6.45, 7) is 2.10. The van der Waals surface area contributed by atoms with Gasteiger partial charge < -0.3 is 0 Å². The van der Waals surface area contributed by atoms with E-state index in [0.717, 1.165) is 11.1 Å². The van der Waals surface area contributed by atoms with Crippen molar-refractivity contribution in [2.45, 2.75) is 6.92 Å². The average Bonchev–Trinajstić information content (AvgIpc) is 2.98. The maximum absolute atomic E-state index is 3.97. The number of H-pyrrole nitrogens is 1. The lowest BCUT2D eigenvalue weighted by molar-refractivity contribution is 0.881. The third-order valence-electron chi connectivity index (χ3n) is 2.58. The Balaban J connectivity index is 2.20. The Labute approximate surface area is 102 Å². The molecule has 0 atom stereocenters. The molecule has 0 bridgehead atoms. The van der Waals surface area contributed by atoms with Crippen molar-refractivity contribution in [2.24, 2.45) is 0 Å². The Bertz CT molecular complexity index is 613. The number of hydrogen-bond donors (Lipinski definition) is 1. The summed E-state index contributed by atoms with van der Waals surface area (Å²) in [6.07, 6.45) is 0. The van der Waals surface area contributed by atoms with Crippen LogP contribution in [0.2, 0.25) is 0 Å². The minimum absolute atomic E-state index is 0.706. The summed E-state index contributed by atoms with van der Waals surface area (Å²) in [5, 5.41) is 16.1. The van der Waals surface area contributed by atoms with Gasteiger partial charge in [0.15, 0.2) is 5.82 Å². The maximum atomic E-state index is 3.97. The largest absolute Gasteiger partial charge is 0.239 e. The zero-order chi connectivity index (χ0) is 11.7. The van der Waals surface area contributed by atoms with E-state index in [0.29, 0.717) is 5.82 Å². The number of nitrogens with one attached hydrogen (secondary N) is 1. The lowest BCUT2D eigenvalue weighted by Crippen LogP contribution is -1.84. The van der Waals surface area contributed by atoms with Crippen LogP contribution in [0.15, 0.2) is 29.6 Å². The van der Waals surface area contributed by atoms with Crippen molar-refractivity contribution in [2.75, 3.05) is 0 Å². The van der Waals surface area contributed by atoms with Crippen molar-refractivity contribution < 1.29 is 0 Å². The molecule has 1 aromatic carbocycles. The number of rotatable bonds is 2. The SMILES string of the molecule is Cc1scc(-c2nnn[nH]2)c1-c1cc[c]cc1. The quantitative estimate of drug-likeness (QED) is 0.750. The number of aromatic amines is 1. The van der Waals surface area contributed by atoms with Gasteiger partial charge in [0.05, 0.1) is 0 Å². The third kappa shape index (κ3) is 1.74. The van der Waals surface area contributed by atoms with Gasteiger partial charge in [-0.15, -0.1) is 16.4 Å². The van der Waals surface area contributed by atoms with Crippen LogP contribution in [-0.2, 0) is 0 Å². The molecule has 0 spiro atoms. The highest BCUT2D eigenvalue weighted by atomic mass is 32.1. The Morgan fingerprint density at radius 2 is 2.12 bits per heavy atom. The van der Waals surface area contributed by atoms with Crippen LogP contribution >= 0.6 is 11.3 Å². The summed E-state index contributed by atoms with van der Waals surface area (Å²) in [7, 11) is 0. The molecule has 2 aromatic heterocycles. The summed E-state index contributed by atoms with van der Waals surface area (Å²) in [4.78, 5) is 1.25. The van der Waals surface area contributed by atoms with Crippen molar-refractivity contribution in [1.82, 2.24) is 20.6 Å². The molecular formula is C12H9N4S. The van der Waals surface area contributed by atoms with Crippen LogP contribution in [-0.4, -0.2) is 20.6 Å². The first-order chi connectivity index (χ1) is 8.36. The third-order valence-corrected chi connectivity index (χ3v) is 3.49. The van der Waals surface area contributed by atoms with E-state index in [-0.39, 0.29) is 0 Å². The van der Waals surface area contributed by atoms with Gasteiger partial charge in [0.1, 0.15) is 0 Å². The van der Waals surface area contributed by atoms with Crippen LogP contribution in [0.25, 0.3) is 22.5 Å². The Morgan fingerprint density at radius 3 is 2.82 bits per heavy atom. The van der Waals surface area contributed by atoms with Gasteiger partial charge in [-0.2, -0.15) is 0 Å². The molecule has 1 radical (unpaired) electrons. The molecule has 0 aliphatic rings. The summed E-state index contributed by atoms with van der Waals surface area (Å²) < 4.78 is 0. The van der Waals surface area contributed by atoms with Crippen LogP contribution in [0.4, 0.5) is 0 Å². The van der Waals surface area contributed by atoms with Gasteiger partial charge in [-0.25, -0.2) is 5.10 Å². The minimum atomic E-state index is 0.706. The summed E-state index contributed by atoms with van der Waals surface area (Å²) in [5.41, 5.74) is 3.39. The van der Waals surface area contributed by atoms with Crippen LogP contribution in [0, 0.1) is 13.0 Å². The number of benzene rings is 1. The number of aromatic nitrogens is 4. The van der Waals surface area contributed by atoms with Crippen molar-refractivity contribution >= 4 is 11.3 Å². The molecule has 5 heteroatoms. The van der Waals surface area contributed by atoms with Gasteiger partial charge in [-0.05, 0) is 29.0 Å². The van der Waals surface area contributed by atoms with Gasteiger partial charge in [0.2, 0.25) is 0 Å². The van der Waals surface area contributed by atoms with Crippen molar-refractivity contribution in [3.63, 3.8) is 0 Å². The smallest absolute Gasteiger partial charge is 0.180 e. The molecule has 3 aromatic rings. The highest BCUT2D eigenvalue weighted by molar-refractivity contribution is 7.10. The van der Waals surface area contributed by atoms with Gasteiger partial charge in [0, 0.05) is 21.4 Å². The summed E-state index contributed by atoms with van der Waals surface area (Å²) in [6, 6.07) is 10.9. The number of aryl methyl sites for hydroxylation is 1. The molecule has 83 valence electrons. The average molecular weight is 241 g/mol. The maximum Gasteiger partial charge on any atom is 0.180 e. The predicted molar refractivity (Wildman–Crippen MR) is 66.5 cm³/mol. The van der Waals surface area contributed by atoms with Gasteiger partial charge in [-0.1, -0.05) is 24.3 Å². The fraction of sp³-hybridized carbons (Fsp3) is 0.0833. The molecule has 0 unspecified atom stereocenters. The summed E-state index contributed by atoms with van der Waals surface area (Å²) in [5.74, 6) is 0.706. The van der Waals surface area contributed by atoms with E-state index in [9.17, 15) is 0 Å². The topological polar surface area (TPSA) is 54.5 Å².